The first-order chi connectivity index (χ1) is 9.09. The Kier molecular flexibility index (Phi) is 6.35. The molecule has 0 unspecified atom stereocenters. The number of pyridine rings is 1. The molecule has 1 aromatic rings. The van der Waals surface area contributed by atoms with E-state index in [1.165, 1.54) is 0 Å². The Bertz CT molecular complexity index is 416. The van der Waals surface area contributed by atoms with Gasteiger partial charge in [-0.25, -0.2) is 0 Å². The van der Waals surface area contributed by atoms with E-state index in [1.54, 1.807) is 25.2 Å². The largest absolute Gasteiger partial charge is 0.370 e. The number of carbonyl (C=O) groups excluding carboxylic acids is 1. The molecule has 6 nitrogen and oxygen atoms in total. The van der Waals surface area contributed by atoms with Crippen LogP contribution in [0, 0.1) is 0 Å². The molecule has 0 aromatic carbocycles. The van der Waals surface area contributed by atoms with Gasteiger partial charge in [-0.1, -0.05) is 6.07 Å². The minimum Gasteiger partial charge on any atom is -0.370 e. The summed E-state index contributed by atoms with van der Waals surface area (Å²) in [5, 5.41) is 3.00. The van der Waals surface area contributed by atoms with Crippen molar-refractivity contribution in [1.82, 2.24) is 15.2 Å². The fraction of sp³-hybridized carbons (Fsp3) is 0.462. The van der Waals surface area contributed by atoms with Crippen LogP contribution in [0.1, 0.15) is 12.1 Å². The van der Waals surface area contributed by atoms with Gasteiger partial charge >= 0.3 is 0 Å². The molecule has 0 aliphatic heterocycles. The SMILES string of the molecule is CN(C)C(=O)CCN=C(N)NCCc1ccccn1. The van der Waals surface area contributed by atoms with Crippen molar-refractivity contribution in [2.75, 3.05) is 27.2 Å². The van der Waals surface area contributed by atoms with Crippen LogP contribution in [0.3, 0.4) is 0 Å². The molecule has 104 valence electrons. The first-order valence-corrected chi connectivity index (χ1v) is 6.23. The summed E-state index contributed by atoms with van der Waals surface area (Å²) in [6.45, 7) is 1.08. The predicted molar refractivity (Wildman–Crippen MR) is 75.7 cm³/mol. The highest BCUT2D eigenvalue weighted by Crippen LogP contribution is 1.93. The molecule has 3 N–H and O–H groups in total. The molecule has 1 heterocycles. The van der Waals surface area contributed by atoms with Gasteiger partial charge in [0.1, 0.15) is 0 Å². The van der Waals surface area contributed by atoms with Gasteiger partial charge < -0.3 is 16.0 Å². The van der Waals surface area contributed by atoms with E-state index in [0.29, 0.717) is 25.5 Å². The van der Waals surface area contributed by atoms with Crippen LogP contribution < -0.4 is 11.1 Å². The third-order valence-electron chi connectivity index (χ3n) is 2.52. The van der Waals surface area contributed by atoms with Gasteiger partial charge in [-0.3, -0.25) is 14.8 Å². The van der Waals surface area contributed by atoms with Gasteiger partial charge in [0, 0.05) is 45.4 Å². The van der Waals surface area contributed by atoms with E-state index in [-0.39, 0.29) is 5.91 Å². The lowest BCUT2D eigenvalue weighted by Gasteiger charge is -2.09. The average Bonchev–Trinajstić information content (AvgIpc) is 2.39. The molecule has 0 bridgehead atoms. The number of nitrogens with two attached hydrogens (primary N) is 1. The lowest BCUT2D eigenvalue weighted by atomic mass is 10.3. The average molecular weight is 263 g/mol. The summed E-state index contributed by atoms with van der Waals surface area (Å²) in [4.78, 5) is 21.2. The van der Waals surface area contributed by atoms with Crippen LogP contribution in [0.25, 0.3) is 0 Å². The fourth-order valence-corrected chi connectivity index (χ4v) is 1.42. The number of guanidine groups is 1. The molecule has 0 fully saturated rings. The summed E-state index contributed by atoms with van der Waals surface area (Å²) in [5.41, 5.74) is 6.70. The molecule has 1 aromatic heterocycles. The summed E-state index contributed by atoms with van der Waals surface area (Å²) < 4.78 is 0. The van der Waals surface area contributed by atoms with E-state index in [9.17, 15) is 4.79 Å². The maximum Gasteiger partial charge on any atom is 0.223 e. The molecule has 1 rings (SSSR count). The molecule has 0 atom stereocenters. The first-order valence-electron chi connectivity index (χ1n) is 6.23. The summed E-state index contributed by atoms with van der Waals surface area (Å²) in [7, 11) is 3.45. The summed E-state index contributed by atoms with van der Waals surface area (Å²) in [5.74, 6) is 0.410. The van der Waals surface area contributed by atoms with E-state index in [4.69, 9.17) is 5.73 Å². The Morgan fingerprint density at radius 2 is 2.26 bits per heavy atom. The number of nitrogens with zero attached hydrogens (tertiary/aromatic N) is 3. The van der Waals surface area contributed by atoms with Crippen LogP contribution in [-0.4, -0.2) is 48.9 Å². The summed E-state index contributed by atoms with van der Waals surface area (Å²) >= 11 is 0. The maximum atomic E-state index is 11.3. The van der Waals surface area contributed by atoms with Gasteiger partial charge in [-0.05, 0) is 12.1 Å². The number of nitrogens with one attached hydrogen (secondary N) is 1. The standard InChI is InChI=1S/C13H21N5O/c1-18(2)12(19)7-10-17-13(14)16-9-6-11-5-3-4-8-15-11/h3-5,8H,6-7,9-10H2,1-2H3,(H3,14,16,17). The molecule has 0 aliphatic rings. The second kappa shape index (κ2) is 8.07. The lowest BCUT2D eigenvalue weighted by Crippen LogP contribution is -2.33. The van der Waals surface area contributed by atoms with Crippen molar-refractivity contribution < 1.29 is 4.79 Å². The van der Waals surface area contributed by atoms with Gasteiger partial charge in [0.25, 0.3) is 0 Å². The Morgan fingerprint density at radius 1 is 1.47 bits per heavy atom. The Morgan fingerprint density at radius 3 is 2.89 bits per heavy atom. The summed E-state index contributed by atoms with van der Waals surface area (Å²) in [6.07, 6.45) is 2.92. The van der Waals surface area contributed by atoms with Crippen LogP contribution in [0.15, 0.2) is 29.4 Å². The number of amides is 1. The number of hydrogen-bond donors (Lipinski definition) is 2. The lowest BCUT2D eigenvalue weighted by molar-refractivity contribution is -0.128. The van der Waals surface area contributed by atoms with Gasteiger partial charge in [0.2, 0.25) is 5.91 Å². The van der Waals surface area contributed by atoms with Crippen molar-refractivity contribution in [3.8, 4) is 0 Å². The molecule has 0 saturated carbocycles. The monoisotopic (exact) mass is 263 g/mol. The van der Waals surface area contributed by atoms with Crippen molar-refractivity contribution in [2.45, 2.75) is 12.8 Å². The highest BCUT2D eigenvalue weighted by Gasteiger charge is 2.02. The van der Waals surface area contributed by atoms with Crippen LogP contribution in [0.2, 0.25) is 0 Å². The number of aliphatic imine (C=N–C) groups is 1. The van der Waals surface area contributed by atoms with Crippen molar-refractivity contribution in [1.29, 1.82) is 0 Å². The minimum atomic E-state index is 0.0463. The van der Waals surface area contributed by atoms with Crippen molar-refractivity contribution in [2.24, 2.45) is 10.7 Å². The Balaban J connectivity index is 2.20. The highest BCUT2D eigenvalue weighted by molar-refractivity contribution is 5.79. The normalized spacial score (nSPS) is 11.2. The topological polar surface area (TPSA) is 83.6 Å². The zero-order chi connectivity index (χ0) is 14.1. The van der Waals surface area contributed by atoms with E-state index in [2.05, 4.69) is 15.3 Å². The number of carbonyl (C=O) groups is 1. The van der Waals surface area contributed by atoms with Gasteiger partial charge in [0.15, 0.2) is 5.96 Å². The second-order valence-electron chi connectivity index (χ2n) is 4.30. The van der Waals surface area contributed by atoms with Crippen LogP contribution in [-0.2, 0) is 11.2 Å². The molecule has 0 saturated heterocycles. The minimum absolute atomic E-state index is 0.0463. The predicted octanol–water partition coefficient (Wildman–Crippen LogP) is 0.00670. The molecule has 0 radical (unpaired) electrons. The van der Waals surface area contributed by atoms with Crippen molar-refractivity contribution in [3.63, 3.8) is 0 Å². The fourth-order valence-electron chi connectivity index (χ4n) is 1.42. The Hall–Kier alpha value is -2.11. The zero-order valence-corrected chi connectivity index (χ0v) is 11.5. The third kappa shape index (κ3) is 6.40. The molecule has 6 heteroatoms. The van der Waals surface area contributed by atoms with Crippen molar-refractivity contribution in [3.05, 3.63) is 30.1 Å². The smallest absolute Gasteiger partial charge is 0.223 e. The van der Waals surface area contributed by atoms with Gasteiger partial charge in [-0.2, -0.15) is 0 Å². The van der Waals surface area contributed by atoms with E-state index < -0.39 is 0 Å². The highest BCUT2D eigenvalue weighted by atomic mass is 16.2. The van der Waals surface area contributed by atoms with Gasteiger partial charge in [-0.15, -0.1) is 0 Å². The number of rotatable bonds is 6. The summed E-state index contributed by atoms with van der Waals surface area (Å²) in [6, 6.07) is 5.80. The first kappa shape index (κ1) is 14.9. The quantitative estimate of drug-likeness (QED) is 0.559. The third-order valence-corrected chi connectivity index (χ3v) is 2.52. The van der Waals surface area contributed by atoms with Crippen LogP contribution >= 0.6 is 0 Å². The van der Waals surface area contributed by atoms with E-state index in [0.717, 1.165) is 12.1 Å². The van der Waals surface area contributed by atoms with Gasteiger partial charge in [0.05, 0.1) is 6.54 Å². The molecule has 19 heavy (non-hydrogen) atoms. The molecular weight excluding hydrogens is 242 g/mol. The van der Waals surface area contributed by atoms with E-state index >= 15 is 0 Å². The number of hydrogen-bond acceptors (Lipinski definition) is 3. The molecule has 0 aliphatic carbocycles. The van der Waals surface area contributed by atoms with Crippen LogP contribution in [0.4, 0.5) is 0 Å². The second-order valence-corrected chi connectivity index (χ2v) is 4.30. The molecule has 0 spiro atoms. The van der Waals surface area contributed by atoms with Crippen molar-refractivity contribution >= 4 is 11.9 Å². The van der Waals surface area contributed by atoms with E-state index in [1.807, 2.05) is 18.2 Å². The van der Waals surface area contributed by atoms with Crippen LogP contribution in [0.5, 0.6) is 0 Å². The zero-order valence-electron chi connectivity index (χ0n) is 11.5. The maximum absolute atomic E-state index is 11.3. The molecule has 1 amide bonds. The Labute approximate surface area is 113 Å². The molecular formula is C13H21N5O. The number of aromatic nitrogens is 1.